The van der Waals surface area contributed by atoms with Gasteiger partial charge >= 0.3 is 0 Å². The quantitative estimate of drug-likeness (QED) is 0.888. The molecule has 1 aromatic carbocycles. The molecule has 1 N–H and O–H groups in total. The van der Waals surface area contributed by atoms with Crippen LogP contribution in [-0.4, -0.2) is 20.9 Å². The number of furan rings is 1. The maximum Gasteiger partial charge on any atom is 0.175 e. The van der Waals surface area contributed by atoms with Gasteiger partial charge in [0.2, 0.25) is 0 Å². The summed E-state index contributed by atoms with van der Waals surface area (Å²) in [6.07, 6.45) is 3.23. The van der Waals surface area contributed by atoms with Gasteiger partial charge in [-0.3, -0.25) is 0 Å². The molecule has 108 valence electrons. The average Bonchev–Trinajstić information content (AvgIpc) is 2.84. The summed E-state index contributed by atoms with van der Waals surface area (Å²) in [5, 5.41) is 3.16. The first-order chi connectivity index (χ1) is 9.49. The van der Waals surface area contributed by atoms with Crippen LogP contribution < -0.4 is 5.32 Å². The molecule has 4 nitrogen and oxygen atoms in total. The van der Waals surface area contributed by atoms with Crippen molar-refractivity contribution in [3.05, 3.63) is 47.9 Å². The highest BCUT2D eigenvalue weighted by Crippen LogP contribution is 2.18. The van der Waals surface area contributed by atoms with E-state index >= 15 is 0 Å². The molecule has 6 heteroatoms. The van der Waals surface area contributed by atoms with Crippen LogP contribution in [0, 0.1) is 0 Å². The lowest BCUT2D eigenvalue weighted by molar-refractivity contribution is 0.487. The summed E-state index contributed by atoms with van der Waals surface area (Å²) in [5.74, 6) is 2.63. The molecule has 1 heterocycles. The molecule has 2 rings (SSSR count). The Kier molecular flexibility index (Phi) is 4.77. The van der Waals surface area contributed by atoms with E-state index < -0.39 is 9.84 Å². The van der Waals surface area contributed by atoms with Crippen molar-refractivity contribution in [2.45, 2.75) is 17.2 Å². The van der Waals surface area contributed by atoms with Gasteiger partial charge in [0.15, 0.2) is 9.84 Å². The van der Waals surface area contributed by atoms with Crippen LogP contribution in [0.2, 0.25) is 0 Å². The van der Waals surface area contributed by atoms with E-state index in [0.717, 1.165) is 23.0 Å². The topological polar surface area (TPSA) is 59.3 Å². The molecule has 0 radical (unpaired) electrons. The summed E-state index contributed by atoms with van der Waals surface area (Å²) in [6.45, 7) is 0.529. The van der Waals surface area contributed by atoms with E-state index in [1.54, 1.807) is 30.0 Å². The lowest BCUT2D eigenvalue weighted by Crippen LogP contribution is -2.01. The molecule has 0 aliphatic carbocycles. The molecule has 0 saturated carbocycles. The SMILES string of the molecule is CSCc1ccc(CNc2cccc(S(C)(=O)=O)c2)o1. The second-order valence-electron chi connectivity index (χ2n) is 4.45. The van der Waals surface area contributed by atoms with E-state index in [9.17, 15) is 8.42 Å². The van der Waals surface area contributed by atoms with E-state index in [4.69, 9.17) is 4.42 Å². The van der Waals surface area contributed by atoms with Gasteiger partial charge in [-0.05, 0) is 36.6 Å². The summed E-state index contributed by atoms with van der Waals surface area (Å²) >= 11 is 1.71. The summed E-state index contributed by atoms with van der Waals surface area (Å²) in [5.41, 5.74) is 0.760. The minimum absolute atomic E-state index is 0.310. The molecule has 0 atom stereocenters. The lowest BCUT2D eigenvalue weighted by Gasteiger charge is -2.06. The first-order valence-corrected chi connectivity index (χ1v) is 9.38. The predicted octanol–water partition coefficient (Wildman–Crippen LogP) is 3.16. The van der Waals surface area contributed by atoms with Gasteiger partial charge in [0.05, 0.1) is 17.2 Å². The Labute approximate surface area is 123 Å². The van der Waals surface area contributed by atoms with Crippen molar-refractivity contribution in [1.29, 1.82) is 0 Å². The van der Waals surface area contributed by atoms with Gasteiger partial charge < -0.3 is 9.73 Å². The zero-order valence-corrected chi connectivity index (χ0v) is 13.1. The Morgan fingerprint density at radius 1 is 1.20 bits per heavy atom. The Bertz CT molecular complexity index is 677. The smallest absolute Gasteiger partial charge is 0.175 e. The fourth-order valence-electron chi connectivity index (χ4n) is 1.76. The molecular formula is C14H17NO3S2. The number of hydrogen-bond donors (Lipinski definition) is 1. The van der Waals surface area contributed by atoms with Gasteiger partial charge in [-0.25, -0.2) is 8.42 Å². The fraction of sp³-hybridized carbons (Fsp3) is 0.286. The van der Waals surface area contributed by atoms with Crippen LogP contribution in [0.1, 0.15) is 11.5 Å². The summed E-state index contributed by atoms with van der Waals surface area (Å²) in [6, 6.07) is 10.7. The molecule has 0 aliphatic heterocycles. The minimum atomic E-state index is -3.18. The molecule has 2 aromatic rings. The number of anilines is 1. The molecule has 0 aliphatic rings. The molecule has 0 unspecified atom stereocenters. The normalized spacial score (nSPS) is 11.5. The molecule has 20 heavy (non-hydrogen) atoms. The Morgan fingerprint density at radius 2 is 1.95 bits per heavy atom. The van der Waals surface area contributed by atoms with Gasteiger partial charge in [0.25, 0.3) is 0 Å². The average molecular weight is 311 g/mol. The van der Waals surface area contributed by atoms with Gasteiger partial charge in [-0.15, -0.1) is 0 Å². The largest absolute Gasteiger partial charge is 0.463 e. The van der Waals surface area contributed by atoms with Crippen LogP contribution in [0.5, 0.6) is 0 Å². The molecule has 0 fully saturated rings. The molecule has 0 amide bonds. The van der Waals surface area contributed by atoms with Gasteiger partial charge in [0, 0.05) is 11.9 Å². The van der Waals surface area contributed by atoms with Crippen molar-refractivity contribution in [2.24, 2.45) is 0 Å². The summed E-state index contributed by atoms with van der Waals surface area (Å²) in [4.78, 5) is 0.310. The lowest BCUT2D eigenvalue weighted by atomic mass is 10.3. The molecule has 0 bridgehead atoms. The van der Waals surface area contributed by atoms with E-state index in [1.165, 1.54) is 6.26 Å². The number of hydrogen-bond acceptors (Lipinski definition) is 5. The zero-order valence-electron chi connectivity index (χ0n) is 11.4. The molecule has 0 saturated heterocycles. The third-order valence-corrected chi connectivity index (χ3v) is 4.42. The van der Waals surface area contributed by atoms with Crippen molar-refractivity contribution in [1.82, 2.24) is 0 Å². The van der Waals surface area contributed by atoms with Crippen LogP contribution in [-0.2, 0) is 22.1 Å². The van der Waals surface area contributed by atoms with E-state index in [0.29, 0.717) is 11.4 Å². The van der Waals surface area contributed by atoms with Crippen molar-refractivity contribution in [3.63, 3.8) is 0 Å². The van der Waals surface area contributed by atoms with Crippen molar-refractivity contribution >= 4 is 27.3 Å². The van der Waals surface area contributed by atoms with Crippen LogP contribution >= 0.6 is 11.8 Å². The number of sulfone groups is 1. The van der Waals surface area contributed by atoms with E-state index in [1.807, 2.05) is 24.5 Å². The van der Waals surface area contributed by atoms with Gasteiger partial charge in [0.1, 0.15) is 11.5 Å². The van der Waals surface area contributed by atoms with Crippen LogP contribution in [0.15, 0.2) is 45.7 Å². The third kappa shape index (κ3) is 4.05. The Hall–Kier alpha value is -1.40. The second kappa shape index (κ2) is 6.37. The standard InChI is InChI=1S/C14H17NO3S2/c1-19-10-13-7-6-12(18-13)9-15-11-4-3-5-14(8-11)20(2,16)17/h3-8,15H,9-10H2,1-2H3. The second-order valence-corrected chi connectivity index (χ2v) is 7.34. The highest BCUT2D eigenvalue weighted by Gasteiger charge is 2.07. The van der Waals surface area contributed by atoms with Crippen LogP contribution in [0.25, 0.3) is 0 Å². The van der Waals surface area contributed by atoms with Crippen LogP contribution in [0.3, 0.4) is 0 Å². The molecule has 1 aromatic heterocycles. The predicted molar refractivity (Wildman–Crippen MR) is 82.8 cm³/mol. The molecular weight excluding hydrogens is 294 g/mol. The number of nitrogens with one attached hydrogen (secondary N) is 1. The maximum atomic E-state index is 11.5. The minimum Gasteiger partial charge on any atom is -0.463 e. The highest BCUT2D eigenvalue weighted by molar-refractivity contribution is 7.97. The van der Waals surface area contributed by atoms with Crippen molar-refractivity contribution in [2.75, 3.05) is 17.8 Å². The van der Waals surface area contributed by atoms with Crippen molar-refractivity contribution in [3.8, 4) is 0 Å². The monoisotopic (exact) mass is 311 g/mol. The van der Waals surface area contributed by atoms with Crippen LogP contribution in [0.4, 0.5) is 5.69 Å². The fourth-order valence-corrected chi connectivity index (χ4v) is 2.87. The number of benzene rings is 1. The number of thioether (sulfide) groups is 1. The van der Waals surface area contributed by atoms with E-state index in [-0.39, 0.29) is 0 Å². The first kappa shape index (κ1) is 15.0. The highest BCUT2D eigenvalue weighted by atomic mass is 32.2. The summed E-state index contributed by atoms with van der Waals surface area (Å²) in [7, 11) is -3.18. The maximum absolute atomic E-state index is 11.5. The first-order valence-electron chi connectivity index (χ1n) is 6.09. The van der Waals surface area contributed by atoms with Crippen molar-refractivity contribution < 1.29 is 12.8 Å². The third-order valence-electron chi connectivity index (χ3n) is 2.73. The number of rotatable bonds is 6. The zero-order chi connectivity index (χ0) is 14.6. The summed E-state index contributed by atoms with van der Waals surface area (Å²) < 4.78 is 28.6. The Morgan fingerprint density at radius 3 is 2.65 bits per heavy atom. The van der Waals surface area contributed by atoms with Gasteiger partial charge in [-0.1, -0.05) is 6.07 Å². The van der Waals surface area contributed by atoms with E-state index in [2.05, 4.69) is 5.32 Å². The molecule has 0 spiro atoms. The Balaban J connectivity index is 2.03. The van der Waals surface area contributed by atoms with Gasteiger partial charge in [-0.2, -0.15) is 11.8 Å².